The van der Waals surface area contributed by atoms with Gasteiger partial charge in [0.2, 0.25) is 0 Å². The number of nitrogens with zero attached hydrogens (tertiary/aromatic N) is 2. The monoisotopic (exact) mass is 258 g/mol. The van der Waals surface area contributed by atoms with Gasteiger partial charge in [0, 0.05) is 41.0 Å². The molecule has 1 aromatic heterocycles. The van der Waals surface area contributed by atoms with Crippen LogP contribution < -0.4 is 11.1 Å². The third-order valence-corrected chi connectivity index (χ3v) is 3.31. The van der Waals surface area contributed by atoms with Gasteiger partial charge < -0.3 is 11.1 Å². The molecule has 98 valence electrons. The molecule has 1 aromatic carbocycles. The van der Waals surface area contributed by atoms with Gasteiger partial charge in [-0.2, -0.15) is 0 Å². The first-order valence-electron chi connectivity index (χ1n) is 6.12. The molecule has 3 N–H and O–H groups in total. The number of nitro groups is 1. The topological polar surface area (TPSA) is 94.1 Å². The van der Waals surface area contributed by atoms with E-state index in [2.05, 4.69) is 10.3 Å². The summed E-state index contributed by atoms with van der Waals surface area (Å²) < 4.78 is 0. The zero-order chi connectivity index (χ0) is 13.6. The minimum Gasteiger partial charge on any atom is -0.380 e. The summed E-state index contributed by atoms with van der Waals surface area (Å²) in [7, 11) is 0. The molecular weight excluding hydrogens is 244 g/mol. The summed E-state index contributed by atoms with van der Waals surface area (Å²) in [6, 6.07) is 7.03. The summed E-state index contributed by atoms with van der Waals surface area (Å²) in [6.07, 6.45) is 0.928. The van der Waals surface area contributed by atoms with Gasteiger partial charge in [-0.1, -0.05) is 0 Å². The van der Waals surface area contributed by atoms with Gasteiger partial charge in [0.15, 0.2) is 0 Å². The van der Waals surface area contributed by atoms with Crippen LogP contribution in [0.15, 0.2) is 24.3 Å². The van der Waals surface area contributed by atoms with Crippen LogP contribution >= 0.6 is 0 Å². The van der Waals surface area contributed by atoms with E-state index >= 15 is 0 Å². The van der Waals surface area contributed by atoms with Gasteiger partial charge in [0.05, 0.1) is 10.4 Å². The van der Waals surface area contributed by atoms with E-state index in [0.717, 1.165) is 28.7 Å². The molecule has 0 spiro atoms. The molecule has 2 aromatic rings. The van der Waals surface area contributed by atoms with Crippen LogP contribution in [0.2, 0.25) is 0 Å². The molecule has 1 aliphatic carbocycles. The Morgan fingerprint density at radius 3 is 2.84 bits per heavy atom. The van der Waals surface area contributed by atoms with Gasteiger partial charge in [0.1, 0.15) is 0 Å². The first-order chi connectivity index (χ1) is 9.04. The second-order valence-electron chi connectivity index (χ2n) is 4.92. The number of hydrogen-bond acceptors (Lipinski definition) is 5. The quantitative estimate of drug-likeness (QED) is 0.648. The second kappa shape index (κ2) is 4.17. The van der Waals surface area contributed by atoms with E-state index in [0.29, 0.717) is 0 Å². The van der Waals surface area contributed by atoms with E-state index in [4.69, 9.17) is 5.73 Å². The molecule has 2 atom stereocenters. The number of hydrogen-bond donors (Lipinski definition) is 2. The highest BCUT2D eigenvalue weighted by Gasteiger charge is 2.33. The van der Waals surface area contributed by atoms with Crippen molar-refractivity contribution in [2.75, 3.05) is 5.32 Å². The molecule has 2 unspecified atom stereocenters. The lowest BCUT2D eigenvalue weighted by Crippen LogP contribution is -2.13. The van der Waals surface area contributed by atoms with E-state index < -0.39 is 4.92 Å². The number of fused-ring (bicyclic) bond motifs is 1. The molecular formula is C13H14N4O2. The summed E-state index contributed by atoms with van der Waals surface area (Å²) in [5.41, 5.74) is 8.35. The molecule has 1 fully saturated rings. The van der Waals surface area contributed by atoms with E-state index in [1.807, 2.05) is 13.0 Å². The number of aryl methyl sites for hydroxylation is 1. The summed E-state index contributed by atoms with van der Waals surface area (Å²) in [5.74, 6) is 0. The molecule has 1 saturated carbocycles. The first kappa shape index (κ1) is 11.9. The lowest BCUT2D eigenvalue weighted by Gasteiger charge is -2.10. The van der Waals surface area contributed by atoms with Gasteiger partial charge in [-0.15, -0.1) is 0 Å². The van der Waals surface area contributed by atoms with E-state index in [1.54, 1.807) is 12.1 Å². The zero-order valence-electron chi connectivity index (χ0n) is 10.5. The Kier molecular flexibility index (Phi) is 2.60. The van der Waals surface area contributed by atoms with Gasteiger partial charge in [-0.25, -0.2) is 0 Å². The number of nitro benzene ring substituents is 1. The molecule has 1 heterocycles. The van der Waals surface area contributed by atoms with E-state index in [1.165, 1.54) is 6.07 Å². The lowest BCUT2D eigenvalue weighted by molar-refractivity contribution is -0.384. The SMILES string of the molecule is Cc1cc(NC2CC2N)c2cc([N+](=O)[O-])ccc2n1. The largest absolute Gasteiger partial charge is 0.380 e. The van der Waals surface area contributed by atoms with Crippen molar-refractivity contribution < 1.29 is 4.92 Å². The van der Waals surface area contributed by atoms with Crippen molar-refractivity contribution in [1.82, 2.24) is 4.98 Å². The van der Waals surface area contributed by atoms with Crippen LogP contribution in [-0.2, 0) is 0 Å². The Balaban J connectivity index is 2.11. The van der Waals surface area contributed by atoms with Crippen molar-refractivity contribution in [3.63, 3.8) is 0 Å². The average Bonchev–Trinajstić information content (AvgIpc) is 3.04. The molecule has 0 saturated heterocycles. The van der Waals surface area contributed by atoms with Crippen molar-refractivity contribution in [1.29, 1.82) is 0 Å². The van der Waals surface area contributed by atoms with E-state index in [9.17, 15) is 10.1 Å². The van der Waals surface area contributed by atoms with Crippen LogP contribution in [0.1, 0.15) is 12.1 Å². The van der Waals surface area contributed by atoms with Crippen LogP contribution in [0.5, 0.6) is 0 Å². The molecule has 6 heteroatoms. The Morgan fingerprint density at radius 1 is 1.47 bits per heavy atom. The van der Waals surface area contributed by atoms with Crippen molar-refractivity contribution in [3.05, 3.63) is 40.1 Å². The molecule has 19 heavy (non-hydrogen) atoms. The van der Waals surface area contributed by atoms with Crippen molar-refractivity contribution >= 4 is 22.3 Å². The number of rotatable bonds is 3. The van der Waals surface area contributed by atoms with Gasteiger partial charge in [-0.05, 0) is 25.5 Å². The van der Waals surface area contributed by atoms with Crippen LogP contribution in [0.3, 0.4) is 0 Å². The fraction of sp³-hybridized carbons (Fsp3) is 0.308. The van der Waals surface area contributed by atoms with Gasteiger partial charge in [-0.3, -0.25) is 15.1 Å². The minimum absolute atomic E-state index is 0.0706. The van der Waals surface area contributed by atoms with E-state index in [-0.39, 0.29) is 17.8 Å². The highest BCUT2D eigenvalue weighted by molar-refractivity contribution is 5.93. The Bertz CT molecular complexity index is 671. The van der Waals surface area contributed by atoms with Crippen LogP contribution in [0, 0.1) is 17.0 Å². The highest BCUT2D eigenvalue weighted by Crippen LogP contribution is 2.31. The normalized spacial score (nSPS) is 21.4. The minimum atomic E-state index is -0.397. The third kappa shape index (κ3) is 2.22. The maximum absolute atomic E-state index is 10.9. The van der Waals surface area contributed by atoms with Crippen molar-refractivity contribution in [2.24, 2.45) is 5.73 Å². The number of benzene rings is 1. The molecule has 0 aliphatic heterocycles. The smallest absolute Gasteiger partial charge is 0.270 e. The number of nitrogens with two attached hydrogens (primary N) is 1. The Hall–Kier alpha value is -2.21. The van der Waals surface area contributed by atoms with Crippen molar-refractivity contribution in [2.45, 2.75) is 25.4 Å². The molecule has 0 bridgehead atoms. The van der Waals surface area contributed by atoms with Crippen LogP contribution in [-0.4, -0.2) is 22.0 Å². The number of anilines is 1. The maximum Gasteiger partial charge on any atom is 0.270 e. The standard InChI is InChI=1S/C13H14N4O2/c1-7-4-12(16-13-6-10(13)14)9-5-8(17(18)19)2-3-11(9)15-7/h2-5,10,13H,6,14H2,1H3,(H,15,16). The fourth-order valence-electron chi connectivity index (χ4n) is 2.16. The number of non-ortho nitro benzene ring substituents is 1. The molecule has 0 amide bonds. The summed E-state index contributed by atoms with van der Waals surface area (Å²) in [5, 5.41) is 14.9. The maximum atomic E-state index is 10.9. The average molecular weight is 258 g/mol. The second-order valence-corrected chi connectivity index (χ2v) is 4.92. The van der Waals surface area contributed by atoms with Gasteiger partial charge in [0.25, 0.3) is 5.69 Å². The molecule has 6 nitrogen and oxygen atoms in total. The summed E-state index contributed by atoms with van der Waals surface area (Å²) in [4.78, 5) is 14.8. The Morgan fingerprint density at radius 2 is 2.21 bits per heavy atom. The predicted molar refractivity (Wildman–Crippen MR) is 73.1 cm³/mol. The predicted octanol–water partition coefficient (Wildman–Crippen LogP) is 1.96. The number of aromatic nitrogens is 1. The van der Waals surface area contributed by atoms with Crippen LogP contribution in [0.25, 0.3) is 10.9 Å². The number of nitrogens with one attached hydrogen (secondary N) is 1. The lowest BCUT2D eigenvalue weighted by atomic mass is 10.1. The Labute approximate surface area is 109 Å². The van der Waals surface area contributed by atoms with Gasteiger partial charge >= 0.3 is 0 Å². The molecule has 0 radical (unpaired) electrons. The summed E-state index contributed by atoms with van der Waals surface area (Å²) in [6.45, 7) is 1.90. The molecule has 3 rings (SSSR count). The first-order valence-corrected chi connectivity index (χ1v) is 6.12. The fourth-order valence-corrected chi connectivity index (χ4v) is 2.16. The highest BCUT2D eigenvalue weighted by atomic mass is 16.6. The van der Waals surface area contributed by atoms with Crippen molar-refractivity contribution in [3.8, 4) is 0 Å². The third-order valence-electron chi connectivity index (χ3n) is 3.31. The number of pyridine rings is 1. The molecule has 1 aliphatic rings. The summed E-state index contributed by atoms with van der Waals surface area (Å²) >= 11 is 0. The van der Waals surface area contributed by atoms with Crippen LogP contribution in [0.4, 0.5) is 11.4 Å². The zero-order valence-corrected chi connectivity index (χ0v) is 10.5.